The maximum atomic E-state index is 13.4. The SMILES string of the molecule is COC(=O)c1ccccc1C(=O)NCC#Cc1ccccc1F. The molecule has 116 valence electrons. The molecule has 0 aromatic heterocycles. The van der Waals surface area contributed by atoms with Gasteiger partial charge in [0, 0.05) is 0 Å². The third-order valence-electron chi connectivity index (χ3n) is 3.01. The first-order valence-electron chi connectivity index (χ1n) is 6.82. The Morgan fingerprint density at radius 2 is 1.74 bits per heavy atom. The minimum Gasteiger partial charge on any atom is -0.465 e. The van der Waals surface area contributed by atoms with Crippen LogP contribution in [-0.4, -0.2) is 25.5 Å². The molecule has 0 bridgehead atoms. The van der Waals surface area contributed by atoms with Crippen molar-refractivity contribution in [3.8, 4) is 11.8 Å². The highest BCUT2D eigenvalue weighted by Gasteiger charge is 2.16. The number of carbonyl (C=O) groups is 2. The Hall–Kier alpha value is -3.13. The van der Waals surface area contributed by atoms with Crippen LogP contribution in [0.5, 0.6) is 0 Å². The molecule has 0 radical (unpaired) electrons. The highest BCUT2D eigenvalue weighted by Crippen LogP contribution is 2.10. The molecule has 0 saturated heterocycles. The smallest absolute Gasteiger partial charge is 0.338 e. The Balaban J connectivity index is 2.04. The Morgan fingerprint density at radius 3 is 2.43 bits per heavy atom. The number of hydrogen-bond acceptors (Lipinski definition) is 3. The van der Waals surface area contributed by atoms with Crippen LogP contribution in [0.15, 0.2) is 48.5 Å². The van der Waals surface area contributed by atoms with E-state index in [0.29, 0.717) is 0 Å². The molecular weight excluding hydrogens is 297 g/mol. The zero-order valence-electron chi connectivity index (χ0n) is 12.4. The summed E-state index contributed by atoms with van der Waals surface area (Å²) in [5, 5.41) is 2.57. The lowest BCUT2D eigenvalue weighted by Crippen LogP contribution is -2.25. The second-order valence-corrected chi connectivity index (χ2v) is 4.50. The molecular formula is C18H14FNO3. The van der Waals surface area contributed by atoms with Crippen LogP contribution >= 0.6 is 0 Å². The van der Waals surface area contributed by atoms with Crippen LogP contribution in [0.1, 0.15) is 26.3 Å². The summed E-state index contributed by atoms with van der Waals surface area (Å²) in [6.45, 7) is 0.0304. The molecule has 23 heavy (non-hydrogen) atoms. The van der Waals surface area contributed by atoms with Gasteiger partial charge >= 0.3 is 5.97 Å². The van der Waals surface area contributed by atoms with Gasteiger partial charge in [0.25, 0.3) is 5.91 Å². The molecule has 2 aromatic rings. The highest BCUT2D eigenvalue weighted by molar-refractivity contribution is 6.05. The fraction of sp³-hybridized carbons (Fsp3) is 0.111. The number of amides is 1. The van der Waals surface area contributed by atoms with E-state index in [1.807, 2.05) is 0 Å². The number of methoxy groups -OCH3 is 1. The lowest BCUT2D eigenvalue weighted by molar-refractivity contribution is 0.0596. The third kappa shape index (κ3) is 4.17. The predicted molar refractivity (Wildman–Crippen MR) is 83.4 cm³/mol. The van der Waals surface area contributed by atoms with Crippen molar-refractivity contribution in [1.82, 2.24) is 5.32 Å². The Labute approximate surface area is 133 Å². The fourth-order valence-corrected chi connectivity index (χ4v) is 1.89. The third-order valence-corrected chi connectivity index (χ3v) is 3.01. The zero-order chi connectivity index (χ0) is 16.7. The van der Waals surface area contributed by atoms with E-state index in [1.54, 1.807) is 30.3 Å². The van der Waals surface area contributed by atoms with Crippen molar-refractivity contribution >= 4 is 11.9 Å². The van der Waals surface area contributed by atoms with Gasteiger partial charge in [-0.3, -0.25) is 4.79 Å². The second kappa shape index (κ2) is 7.76. The van der Waals surface area contributed by atoms with Crippen LogP contribution in [0.2, 0.25) is 0 Å². The van der Waals surface area contributed by atoms with E-state index < -0.39 is 17.7 Å². The minimum absolute atomic E-state index is 0.0304. The number of ether oxygens (including phenoxy) is 1. The van der Waals surface area contributed by atoms with Gasteiger partial charge < -0.3 is 10.1 Å². The second-order valence-electron chi connectivity index (χ2n) is 4.50. The number of nitrogens with one attached hydrogen (secondary N) is 1. The molecule has 0 aliphatic heterocycles. The summed E-state index contributed by atoms with van der Waals surface area (Å²) in [6.07, 6.45) is 0. The first kappa shape index (κ1) is 16.2. The van der Waals surface area contributed by atoms with Crippen LogP contribution in [0.25, 0.3) is 0 Å². The molecule has 0 aliphatic carbocycles. The van der Waals surface area contributed by atoms with E-state index in [9.17, 15) is 14.0 Å². The molecule has 0 atom stereocenters. The summed E-state index contributed by atoms with van der Waals surface area (Å²) < 4.78 is 18.0. The molecule has 0 fully saturated rings. The lowest BCUT2D eigenvalue weighted by atomic mass is 10.1. The molecule has 4 nitrogen and oxygen atoms in total. The summed E-state index contributed by atoms with van der Waals surface area (Å²) in [5.41, 5.74) is 0.637. The Kier molecular flexibility index (Phi) is 5.48. The van der Waals surface area contributed by atoms with Crippen LogP contribution in [0, 0.1) is 17.7 Å². The summed E-state index contributed by atoms with van der Waals surface area (Å²) in [5.74, 6) is 3.85. The number of rotatable bonds is 3. The van der Waals surface area contributed by atoms with Crippen molar-refractivity contribution < 1.29 is 18.7 Å². The predicted octanol–water partition coefficient (Wildman–Crippen LogP) is 2.39. The van der Waals surface area contributed by atoms with Gasteiger partial charge in [-0.15, -0.1) is 0 Å². The summed E-state index contributed by atoms with van der Waals surface area (Å²) in [7, 11) is 1.25. The van der Waals surface area contributed by atoms with Gasteiger partial charge in [-0.05, 0) is 24.3 Å². The van der Waals surface area contributed by atoms with Crippen LogP contribution < -0.4 is 5.32 Å². The molecule has 0 unspecified atom stereocenters. The first-order chi connectivity index (χ1) is 11.1. The molecule has 5 heteroatoms. The molecule has 2 rings (SSSR count). The molecule has 1 N–H and O–H groups in total. The zero-order valence-corrected chi connectivity index (χ0v) is 12.4. The van der Waals surface area contributed by atoms with E-state index in [2.05, 4.69) is 21.9 Å². The number of hydrogen-bond donors (Lipinski definition) is 1. The number of carbonyl (C=O) groups excluding carboxylic acids is 2. The largest absolute Gasteiger partial charge is 0.465 e. The number of halogens is 1. The summed E-state index contributed by atoms with van der Waals surface area (Å²) in [4.78, 5) is 23.7. The number of benzene rings is 2. The van der Waals surface area contributed by atoms with E-state index >= 15 is 0 Å². The number of esters is 1. The van der Waals surface area contributed by atoms with Gasteiger partial charge in [0.2, 0.25) is 0 Å². The standard InChI is InChI=1S/C18H14FNO3/c1-23-18(22)15-10-4-3-9-14(15)17(21)20-12-6-8-13-7-2-5-11-16(13)19/h2-5,7,9-11H,12H2,1H3,(H,20,21). The maximum Gasteiger partial charge on any atom is 0.338 e. The summed E-state index contributed by atoms with van der Waals surface area (Å²) in [6, 6.07) is 12.4. The van der Waals surface area contributed by atoms with E-state index in [-0.39, 0.29) is 23.2 Å². The molecule has 0 saturated carbocycles. The topological polar surface area (TPSA) is 55.4 Å². The van der Waals surface area contributed by atoms with Gasteiger partial charge in [-0.2, -0.15) is 0 Å². The Bertz CT molecular complexity index is 790. The molecule has 2 aromatic carbocycles. The molecule has 0 spiro atoms. The van der Waals surface area contributed by atoms with Crippen molar-refractivity contribution in [1.29, 1.82) is 0 Å². The van der Waals surface area contributed by atoms with Crippen molar-refractivity contribution in [3.05, 3.63) is 71.0 Å². The minimum atomic E-state index is -0.590. The summed E-state index contributed by atoms with van der Waals surface area (Å²) >= 11 is 0. The highest BCUT2D eigenvalue weighted by atomic mass is 19.1. The Morgan fingerprint density at radius 1 is 1.09 bits per heavy atom. The van der Waals surface area contributed by atoms with Gasteiger partial charge in [0.1, 0.15) is 5.82 Å². The van der Waals surface area contributed by atoms with E-state index in [0.717, 1.165) is 0 Å². The van der Waals surface area contributed by atoms with Gasteiger partial charge in [0.05, 0.1) is 30.3 Å². The van der Waals surface area contributed by atoms with Crippen LogP contribution in [-0.2, 0) is 4.74 Å². The molecule has 1 amide bonds. The maximum absolute atomic E-state index is 13.4. The lowest BCUT2D eigenvalue weighted by Gasteiger charge is -2.06. The quantitative estimate of drug-likeness (QED) is 0.699. The van der Waals surface area contributed by atoms with Crippen molar-refractivity contribution in [2.24, 2.45) is 0 Å². The van der Waals surface area contributed by atoms with Crippen molar-refractivity contribution in [2.75, 3.05) is 13.7 Å². The van der Waals surface area contributed by atoms with E-state index in [4.69, 9.17) is 0 Å². The monoisotopic (exact) mass is 311 g/mol. The van der Waals surface area contributed by atoms with Gasteiger partial charge in [-0.25, -0.2) is 9.18 Å². The average molecular weight is 311 g/mol. The van der Waals surface area contributed by atoms with Crippen LogP contribution in [0.4, 0.5) is 4.39 Å². The van der Waals surface area contributed by atoms with Crippen LogP contribution in [0.3, 0.4) is 0 Å². The normalized spacial score (nSPS) is 9.48. The molecule has 0 aliphatic rings. The first-order valence-corrected chi connectivity index (χ1v) is 6.82. The van der Waals surface area contributed by atoms with E-state index in [1.165, 1.54) is 25.3 Å². The molecule has 0 heterocycles. The van der Waals surface area contributed by atoms with Gasteiger partial charge in [0.15, 0.2) is 0 Å². The van der Waals surface area contributed by atoms with Gasteiger partial charge in [-0.1, -0.05) is 36.1 Å². The fourth-order valence-electron chi connectivity index (χ4n) is 1.89. The average Bonchev–Trinajstić information content (AvgIpc) is 2.59. The van der Waals surface area contributed by atoms with Crippen molar-refractivity contribution in [3.63, 3.8) is 0 Å². The van der Waals surface area contributed by atoms with Crippen molar-refractivity contribution in [2.45, 2.75) is 0 Å².